The molecule has 0 bridgehead atoms. The summed E-state index contributed by atoms with van der Waals surface area (Å²) in [5.41, 5.74) is 0.664. The first-order valence-corrected chi connectivity index (χ1v) is 23.0. The maximum atomic E-state index is 11.8. The Morgan fingerprint density at radius 3 is 2.23 bits per heavy atom. The molecule has 0 amide bonds. The van der Waals surface area contributed by atoms with Gasteiger partial charge in [-0.2, -0.15) is 0 Å². The molecule has 1 spiro atoms. The van der Waals surface area contributed by atoms with E-state index >= 15 is 0 Å². The molecule has 26 unspecified atom stereocenters. The second-order valence-electron chi connectivity index (χ2n) is 20.6. The fourth-order valence-corrected chi connectivity index (χ4v) is 13.9. The van der Waals surface area contributed by atoms with Crippen molar-refractivity contribution in [1.29, 1.82) is 0 Å². The van der Waals surface area contributed by atoms with E-state index in [1.54, 1.807) is 0 Å². The molecule has 26 atom stereocenters. The highest BCUT2D eigenvalue weighted by atomic mass is 16.8. The van der Waals surface area contributed by atoms with E-state index in [-0.39, 0.29) is 60.7 Å². The lowest BCUT2D eigenvalue weighted by Crippen LogP contribution is -2.65. The highest BCUT2D eigenvalue weighted by Crippen LogP contribution is 2.71. The molecule has 5 heterocycles. The summed E-state index contributed by atoms with van der Waals surface area (Å²) in [6, 6.07) is 0. The third-order valence-electron chi connectivity index (χ3n) is 17.2. The molecule has 0 aromatic carbocycles. The van der Waals surface area contributed by atoms with Gasteiger partial charge in [-0.1, -0.05) is 39.0 Å². The first kappa shape index (κ1) is 47.3. The van der Waals surface area contributed by atoms with Crippen molar-refractivity contribution in [3.8, 4) is 0 Å². The normalized spacial score (nSPS) is 56.1. The Hall–Kier alpha value is -1.73. The van der Waals surface area contributed by atoms with E-state index in [9.17, 15) is 50.8 Å². The third-order valence-corrected chi connectivity index (χ3v) is 17.2. The lowest BCUT2D eigenvalue weighted by atomic mass is 9.46. The van der Waals surface area contributed by atoms with Crippen LogP contribution in [0.25, 0.3) is 0 Å². The van der Waals surface area contributed by atoms with Gasteiger partial charge in [-0.25, -0.2) is 0 Å². The fourth-order valence-electron chi connectivity index (χ4n) is 13.9. The van der Waals surface area contributed by atoms with Crippen molar-refractivity contribution in [2.24, 2.45) is 40.4 Å². The van der Waals surface area contributed by atoms with E-state index in [0.29, 0.717) is 12.0 Å². The molecule has 9 rings (SSSR count). The number of rotatable bonds is 7. The fraction of sp³-hybridized carbons (Fsp3) is 0.889. The molecule has 362 valence electrons. The first-order valence-electron chi connectivity index (χ1n) is 23.0. The van der Waals surface area contributed by atoms with Crippen molar-refractivity contribution < 1.29 is 93.4 Å². The summed E-state index contributed by atoms with van der Waals surface area (Å²) in [5.74, 6) is -1.69. The van der Waals surface area contributed by atoms with Crippen molar-refractivity contribution >= 4 is 5.97 Å². The highest BCUT2D eigenvalue weighted by molar-refractivity contribution is 5.66. The van der Waals surface area contributed by atoms with Gasteiger partial charge in [0.25, 0.3) is 0 Å². The monoisotopic (exact) mass is 912 g/mol. The molecule has 5 saturated heterocycles. The van der Waals surface area contributed by atoms with Gasteiger partial charge >= 0.3 is 5.97 Å². The van der Waals surface area contributed by atoms with Gasteiger partial charge in [0.2, 0.25) is 5.79 Å². The maximum absolute atomic E-state index is 11.8. The molecule has 3 saturated carbocycles. The van der Waals surface area contributed by atoms with Crippen LogP contribution in [-0.4, -0.2) is 188 Å². The number of hydrogen-bond donors (Lipinski definition) is 9. The Morgan fingerprint density at radius 1 is 0.812 bits per heavy atom. The topological polar surface area (TPSA) is 282 Å². The molecule has 5 aliphatic heterocycles. The highest BCUT2D eigenvalue weighted by Gasteiger charge is 2.72. The van der Waals surface area contributed by atoms with Crippen molar-refractivity contribution in [3.05, 3.63) is 23.8 Å². The Balaban J connectivity index is 0.994. The van der Waals surface area contributed by atoms with Crippen LogP contribution in [0, 0.1) is 40.4 Å². The Bertz CT molecular complexity index is 1780. The van der Waals surface area contributed by atoms with Gasteiger partial charge in [0.05, 0.1) is 44.2 Å². The summed E-state index contributed by atoms with van der Waals surface area (Å²) >= 11 is 0. The number of carbonyl (C=O) groups excluding carboxylic acids is 1. The predicted octanol–water partition coefficient (Wildman–Crippen LogP) is -1.10. The van der Waals surface area contributed by atoms with Gasteiger partial charge in [-0.3, -0.25) is 4.79 Å². The van der Waals surface area contributed by atoms with Crippen molar-refractivity contribution in [2.45, 2.75) is 189 Å². The standard InChI is InChI=1S/C45H68O19/c1-17-14-58-45(39(55)31(17)50)18(2)30-28(64-45)13-25-23-8-7-21-11-22(47)12-29(44(21,6)24(23)9-10-43(25,30)5)61-42-38(63-41-35(54)33(52)36(19(3)59-41)60-20(4)46)37(27(49)16-57-42)62-40-34(53)32(51)26(48)15-56-40/h7,18-19,22-42,47-55H,1,8-16H2,2-6H3. The summed E-state index contributed by atoms with van der Waals surface area (Å²) in [6.07, 6.45) is -17.3. The molecule has 0 aromatic rings. The van der Waals surface area contributed by atoms with Crippen LogP contribution in [0.4, 0.5) is 0 Å². The van der Waals surface area contributed by atoms with Crippen molar-refractivity contribution in [3.63, 3.8) is 0 Å². The number of esters is 1. The second kappa shape index (κ2) is 17.3. The molecule has 9 N–H and O–H groups in total. The van der Waals surface area contributed by atoms with Gasteiger partial charge < -0.3 is 88.6 Å². The van der Waals surface area contributed by atoms with Crippen LogP contribution in [0.1, 0.15) is 73.1 Å². The van der Waals surface area contributed by atoms with E-state index in [4.69, 9.17) is 42.6 Å². The number of ether oxygens (including phenoxy) is 9. The third kappa shape index (κ3) is 7.48. The van der Waals surface area contributed by atoms with Gasteiger partial charge in [0, 0.05) is 24.7 Å². The quantitative estimate of drug-likeness (QED) is 0.108. The van der Waals surface area contributed by atoms with E-state index < -0.39 is 128 Å². The lowest BCUT2D eigenvalue weighted by molar-refractivity contribution is -0.382. The minimum Gasteiger partial charge on any atom is -0.457 e. The molecule has 64 heavy (non-hydrogen) atoms. The van der Waals surface area contributed by atoms with Crippen LogP contribution in [0.2, 0.25) is 0 Å². The van der Waals surface area contributed by atoms with Crippen LogP contribution in [0.3, 0.4) is 0 Å². The molecule has 8 fully saturated rings. The summed E-state index contributed by atoms with van der Waals surface area (Å²) in [6.45, 7) is 12.5. The maximum Gasteiger partial charge on any atom is 0.303 e. The number of carbonyl (C=O) groups is 1. The average molecular weight is 913 g/mol. The van der Waals surface area contributed by atoms with Crippen LogP contribution in [-0.2, 0) is 47.4 Å². The average Bonchev–Trinajstić information content (AvgIpc) is 3.71. The smallest absolute Gasteiger partial charge is 0.303 e. The molecule has 0 radical (unpaired) electrons. The molecule has 19 nitrogen and oxygen atoms in total. The van der Waals surface area contributed by atoms with Crippen molar-refractivity contribution in [1.82, 2.24) is 0 Å². The number of allylic oxidation sites excluding steroid dienone is 1. The summed E-state index contributed by atoms with van der Waals surface area (Å²) in [4.78, 5) is 11.8. The molecule has 19 heteroatoms. The van der Waals surface area contributed by atoms with Crippen LogP contribution >= 0.6 is 0 Å². The van der Waals surface area contributed by atoms with Crippen LogP contribution in [0.15, 0.2) is 23.8 Å². The Labute approximate surface area is 372 Å². The molecular weight excluding hydrogens is 844 g/mol. The minimum absolute atomic E-state index is 0.0564. The van der Waals surface area contributed by atoms with E-state index in [0.717, 1.165) is 38.2 Å². The largest absolute Gasteiger partial charge is 0.457 e. The number of aliphatic hydroxyl groups excluding tert-OH is 9. The minimum atomic E-state index is -1.78. The molecule has 9 aliphatic rings. The SMILES string of the molecule is C=C1COC2(OC3CC4C5CC=C6CC(O)CC(OC7OCC(O)C(OC8OCC(O)C(O)C8O)C7OC7OC(C)C(OC(C)=O)C(O)C7O)C6(C)C5CCC4(C)C3C2C)C(O)C1O. The van der Waals surface area contributed by atoms with Gasteiger partial charge in [0.15, 0.2) is 25.0 Å². The number of hydrogen-bond acceptors (Lipinski definition) is 19. The van der Waals surface area contributed by atoms with Crippen LogP contribution < -0.4 is 0 Å². The molecule has 4 aliphatic carbocycles. The predicted molar refractivity (Wildman–Crippen MR) is 216 cm³/mol. The van der Waals surface area contributed by atoms with Gasteiger partial charge in [-0.05, 0) is 73.7 Å². The summed E-state index contributed by atoms with van der Waals surface area (Å²) < 4.78 is 55.5. The Morgan fingerprint density at radius 2 is 1.50 bits per heavy atom. The first-order chi connectivity index (χ1) is 30.2. The van der Waals surface area contributed by atoms with E-state index in [2.05, 4.69) is 33.4 Å². The second-order valence-corrected chi connectivity index (χ2v) is 20.6. The van der Waals surface area contributed by atoms with Gasteiger partial charge in [0.1, 0.15) is 61.0 Å². The zero-order chi connectivity index (χ0) is 45.9. The lowest BCUT2D eigenvalue weighted by Gasteiger charge is -2.60. The van der Waals surface area contributed by atoms with E-state index in [1.807, 2.05) is 0 Å². The molecule has 0 aromatic heterocycles. The summed E-state index contributed by atoms with van der Waals surface area (Å²) in [5, 5.41) is 98.9. The Kier molecular flexibility index (Phi) is 12.8. The zero-order valence-electron chi connectivity index (χ0n) is 37.0. The van der Waals surface area contributed by atoms with Crippen molar-refractivity contribution in [2.75, 3.05) is 19.8 Å². The number of fused-ring (bicyclic) bond motifs is 7. The summed E-state index contributed by atoms with van der Waals surface area (Å²) in [7, 11) is 0. The van der Waals surface area contributed by atoms with E-state index in [1.165, 1.54) is 6.92 Å². The zero-order valence-corrected chi connectivity index (χ0v) is 37.0. The molecular formula is C45H68O19. The van der Waals surface area contributed by atoms with Gasteiger partial charge in [-0.15, -0.1) is 0 Å². The number of aliphatic hydroxyl groups is 9. The van der Waals surface area contributed by atoms with Crippen LogP contribution in [0.5, 0.6) is 0 Å².